The van der Waals surface area contributed by atoms with Crippen molar-refractivity contribution in [3.63, 3.8) is 0 Å². The van der Waals surface area contributed by atoms with Gasteiger partial charge < -0.3 is 10.1 Å². The maximum Gasteiger partial charge on any atom is 0.230 e. The van der Waals surface area contributed by atoms with Crippen LogP contribution in [0.1, 0.15) is 38.5 Å². The van der Waals surface area contributed by atoms with Crippen LogP contribution in [-0.2, 0) is 16.1 Å². The highest BCUT2D eigenvalue weighted by Crippen LogP contribution is 2.26. The molecule has 1 amide bonds. The van der Waals surface area contributed by atoms with Gasteiger partial charge in [0.1, 0.15) is 0 Å². The second kappa shape index (κ2) is 8.84. The van der Waals surface area contributed by atoms with Gasteiger partial charge in [0.05, 0.1) is 18.4 Å². The standard InChI is InChI=1S/C19H25N5O2S/c25-17(21-15-4-1-2-5-15)13-27-19-23-22-18(14-7-9-20-10-8-14)24(19)12-16-6-3-11-26-16/h7-10,15-16H,1-6,11-13H2,(H,21,25)/t16-/m1/s1. The number of thioether (sulfide) groups is 1. The third kappa shape index (κ3) is 4.68. The lowest BCUT2D eigenvalue weighted by Gasteiger charge is -2.15. The van der Waals surface area contributed by atoms with Gasteiger partial charge in [-0.1, -0.05) is 24.6 Å². The molecule has 8 heteroatoms. The van der Waals surface area contributed by atoms with Crippen molar-refractivity contribution in [2.45, 2.75) is 62.4 Å². The van der Waals surface area contributed by atoms with Crippen LogP contribution in [0.3, 0.4) is 0 Å². The van der Waals surface area contributed by atoms with Gasteiger partial charge >= 0.3 is 0 Å². The zero-order valence-electron chi connectivity index (χ0n) is 15.3. The second-order valence-electron chi connectivity index (χ2n) is 7.13. The van der Waals surface area contributed by atoms with Crippen molar-refractivity contribution < 1.29 is 9.53 Å². The quantitative estimate of drug-likeness (QED) is 0.736. The van der Waals surface area contributed by atoms with Crippen LogP contribution in [0.15, 0.2) is 29.7 Å². The van der Waals surface area contributed by atoms with Gasteiger partial charge in [0, 0.05) is 30.6 Å². The zero-order valence-corrected chi connectivity index (χ0v) is 16.2. The SMILES string of the molecule is O=C(CSc1nnc(-c2ccncc2)n1C[C@H]1CCCO1)NC1CCCC1. The Kier molecular flexibility index (Phi) is 6.03. The van der Waals surface area contributed by atoms with Crippen LogP contribution < -0.4 is 5.32 Å². The predicted molar refractivity (Wildman–Crippen MR) is 103 cm³/mol. The summed E-state index contributed by atoms with van der Waals surface area (Å²) in [6.45, 7) is 1.51. The monoisotopic (exact) mass is 387 g/mol. The summed E-state index contributed by atoms with van der Waals surface area (Å²) in [6.07, 6.45) is 10.4. The fraction of sp³-hybridized carbons (Fsp3) is 0.579. The van der Waals surface area contributed by atoms with E-state index in [1.54, 1.807) is 12.4 Å². The van der Waals surface area contributed by atoms with Crippen molar-refractivity contribution in [3.05, 3.63) is 24.5 Å². The fourth-order valence-electron chi connectivity index (χ4n) is 3.74. The van der Waals surface area contributed by atoms with E-state index in [1.165, 1.54) is 24.6 Å². The summed E-state index contributed by atoms with van der Waals surface area (Å²) in [5.74, 6) is 1.23. The Morgan fingerprint density at radius 1 is 1.19 bits per heavy atom. The molecule has 1 N–H and O–H groups in total. The molecule has 144 valence electrons. The highest BCUT2D eigenvalue weighted by molar-refractivity contribution is 7.99. The lowest BCUT2D eigenvalue weighted by molar-refractivity contribution is -0.119. The molecule has 1 aliphatic carbocycles. The molecule has 4 rings (SSSR count). The lowest BCUT2D eigenvalue weighted by Crippen LogP contribution is -2.33. The third-order valence-electron chi connectivity index (χ3n) is 5.12. The number of aromatic nitrogens is 4. The summed E-state index contributed by atoms with van der Waals surface area (Å²) in [4.78, 5) is 16.4. The van der Waals surface area contributed by atoms with Crippen LogP contribution in [-0.4, -0.2) is 50.2 Å². The number of nitrogens with zero attached hydrogens (tertiary/aromatic N) is 4. The number of carbonyl (C=O) groups is 1. The van der Waals surface area contributed by atoms with Crippen molar-refractivity contribution in [1.29, 1.82) is 0 Å². The normalized spacial score (nSPS) is 20.2. The molecule has 27 heavy (non-hydrogen) atoms. The minimum atomic E-state index is 0.0732. The van der Waals surface area contributed by atoms with Gasteiger partial charge in [-0.3, -0.25) is 14.3 Å². The minimum Gasteiger partial charge on any atom is -0.376 e. The molecule has 2 aliphatic rings. The molecule has 1 saturated carbocycles. The molecule has 7 nitrogen and oxygen atoms in total. The highest BCUT2D eigenvalue weighted by Gasteiger charge is 2.23. The van der Waals surface area contributed by atoms with Crippen molar-refractivity contribution >= 4 is 17.7 Å². The van der Waals surface area contributed by atoms with E-state index >= 15 is 0 Å². The first-order valence-electron chi connectivity index (χ1n) is 9.67. The van der Waals surface area contributed by atoms with Gasteiger partial charge in [-0.25, -0.2) is 0 Å². The van der Waals surface area contributed by atoms with Gasteiger partial charge in [-0.2, -0.15) is 0 Å². The summed E-state index contributed by atoms with van der Waals surface area (Å²) < 4.78 is 7.89. The average molecular weight is 388 g/mol. The number of carbonyl (C=O) groups excluding carboxylic acids is 1. The van der Waals surface area contributed by atoms with Crippen LogP contribution in [0.4, 0.5) is 0 Å². The van der Waals surface area contributed by atoms with Crippen LogP contribution in [0, 0.1) is 0 Å². The van der Waals surface area contributed by atoms with E-state index in [9.17, 15) is 4.79 Å². The van der Waals surface area contributed by atoms with Crippen LogP contribution in [0.2, 0.25) is 0 Å². The molecule has 1 saturated heterocycles. The Balaban J connectivity index is 1.47. The van der Waals surface area contributed by atoms with Crippen molar-refractivity contribution in [1.82, 2.24) is 25.1 Å². The van der Waals surface area contributed by atoms with E-state index < -0.39 is 0 Å². The topological polar surface area (TPSA) is 81.9 Å². The Labute approximate surface area is 163 Å². The number of rotatable bonds is 7. The fourth-order valence-corrected chi connectivity index (χ4v) is 4.50. The Morgan fingerprint density at radius 3 is 2.74 bits per heavy atom. The third-order valence-corrected chi connectivity index (χ3v) is 6.08. The lowest BCUT2D eigenvalue weighted by atomic mass is 10.2. The van der Waals surface area contributed by atoms with Gasteiger partial charge in [-0.15, -0.1) is 10.2 Å². The van der Waals surface area contributed by atoms with Gasteiger partial charge in [-0.05, 0) is 37.8 Å². The molecular weight excluding hydrogens is 362 g/mol. The molecule has 1 aliphatic heterocycles. The molecule has 0 spiro atoms. The zero-order chi connectivity index (χ0) is 18.5. The molecule has 0 radical (unpaired) electrons. The number of nitrogens with one attached hydrogen (secondary N) is 1. The Hall–Kier alpha value is -1.93. The number of amides is 1. The number of pyridine rings is 1. The first-order valence-corrected chi connectivity index (χ1v) is 10.7. The first kappa shape index (κ1) is 18.4. The molecule has 0 unspecified atom stereocenters. The van der Waals surface area contributed by atoms with E-state index in [-0.39, 0.29) is 12.0 Å². The van der Waals surface area contributed by atoms with E-state index in [1.807, 2.05) is 12.1 Å². The van der Waals surface area contributed by atoms with Crippen molar-refractivity contribution in [3.8, 4) is 11.4 Å². The van der Waals surface area contributed by atoms with E-state index in [0.717, 1.165) is 48.8 Å². The Morgan fingerprint density at radius 2 is 2.00 bits per heavy atom. The van der Waals surface area contributed by atoms with Gasteiger partial charge in [0.25, 0.3) is 0 Å². The van der Waals surface area contributed by atoms with E-state index in [0.29, 0.717) is 18.3 Å². The summed E-state index contributed by atoms with van der Waals surface area (Å²) in [7, 11) is 0. The van der Waals surface area contributed by atoms with Crippen LogP contribution in [0.25, 0.3) is 11.4 Å². The molecule has 2 aromatic heterocycles. The molecule has 3 heterocycles. The molecule has 0 bridgehead atoms. The summed E-state index contributed by atoms with van der Waals surface area (Å²) >= 11 is 1.44. The van der Waals surface area contributed by atoms with E-state index in [4.69, 9.17) is 4.74 Å². The average Bonchev–Trinajstić information content (AvgIpc) is 3.44. The number of hydrogen-bond donors (Lipinski definition) is 1. The number of ether oxygens (including phenoxy) is 1. The molecule has 2 aromatic rings. The van der Waals surface area contributed by atoms with Crippen molar-refractivity contribution in [2.75, 3.05) is 12.4 Å². The largest absolute Gasteiger partial charge is 0.376 e. The minimum absolute atomic E-state index is 0.0732. The van der Waals surface area contributed by atoms with Gasteiger partial charge in [0.2, 0.25) is 5.91 Å². The van der Waals surface area contributed by atoms with Crippen LogP contribution in [0.5, 0.6) is 0 Å². The second-order valence-corrected chi connectivity index (χ2v) is 8.07. The van der Waals surface area contributed by atoms with Crippen LogP contribution >= 0.6 is 11.8 Å². The van der Waals surface area contributed by atoms with Crippen molar-refractivity contribution in [2.24, 2.45) is 0 Å². The molecule has 0 aromatic carbocycles. The smallest absolute Gasteiger partial charge is 0.230 e. The molecule has 2 fully saturated rings. The molecule has 1 atom stereocenters. The summed E-state index contributed by atoms with van der Waals surface area (Å²) in [5, 5.41) is 12.6. The molecular formula is C19H25N5O2S. The maximum atomic E-state index is 12.3. The van der Waals surface area contributed by atoms with Gasteiger partial charge in [0.15, 0.2) is 11.0 Å². The number of hydrogen-bond acceptors (Lipinski definition) is 6. The summed E-state index contributed by atoms with van der Waals surface area (Å²) in [5.41, 5.74) is 0.970. The van der Waals surface area contributed by atoms with E-state index in [2.05, 4.69) is 25.1 Å². The Bertz CT molecular complexity index is 755. The predicted octanol–water partition coefficient (Wildman–Crippen LogP) is 2.67. The summed E-state index contributed by atoms with van der Waals surface area (Å²) in [6, 6.07) is 4.20. The highest BCUT2D eigenvalue weighted by atomic mass is 32.2. The first-order chi connectivity index (χ1) is 13.3. The maximum absolute atomic E-state index is 12.3.